The molecule has 0 radical (unpaired) electrons. The van der Waals surface area contributed by atoms with Crippen LogP contribution in [0.4, 0.5) is 0 Å². The molecule has 0 atom stereocenters. The molecule has 1 heterocycles. The van der Waals surface area contributed by atoms with Crippen LogP contribution >= 0.6 is 0 Å². The summed E-state index contributed by atoms with van der Waals surface area (Å²) in [5.74, 6) is 0. The normalized spacial score (nSPS) is 25.7. The zero-order chi connectivity index (χ0) is 12.7. The molecule has 0 saturated heterocycles. The summed E-state index contributed by atoms with van der Waals surface area (Å²) < 4.78 is 2.47. The summed E-state index contributed by atoms with van der Waals surface area (Å²) in [5.41, 5.74) is 1.22. The predicted molar refractivity (Wildman–Crippen MR) is 74.1 cm³/mol. The molecule has 1 saturated carbocycles. The van der Waals surface area contributed by atoms with Crippen molar-refractivity contribution < 1.29 is 0 Å². The van der Waals surface area contributed by atoms with Gasteiger partial charge in [-0.2, -0.15) is 0 Å². The highest BCUT2D eigenvalue weighted by atomic mass is 15.0. The van der Waals surface area contributed by atoms with Crippen LogP contribution in [0.5, 0.6) is 0 Å². The van der Waals surface area contributed by atoms with Gasteiger partial charge in [0.2, 0.25) is 0 Å². The van der Waals surface area contributed by atoms with Gasteiger partial charge in [0.15, 0.2) is 0 Å². The lowest BCUT2D eigenvalue weighted by Gasteiger charge is -2.52. The maximum Gasteiger partial charge on any atom is 0.0447 e. The highest BCUT2D eigenvalue weighted by Crippen LogP contribution is 2.54. The van der Waals surface area contributed by atoms with Crippen molar-refractivity contribution in [2.45, 2.75) is 65.8 Å². The van der Waals surface area contributed by atoms with E-state index < -0.39 is 0 Å². The first-order valence-electron chi connectivity index (χ1n) is 6.92. The van der Waals surface area contributed by atoms with Crippen molar-refractivity contribution in [3.05, 3.63) is 24.5 Å². The average molecular weight is 233 g/mol. The van der Waals surface area contributed by atoms with E-state index in [4.69, 9.17) is 0 Å². The summed E-state index contributed by atoms with van der Waals surface area (Å²) in [6.07, 6.45) is 9.67. The minimum absolute atomic E-state index is 0.328. The Labute approximate surface area is 106 Å². The van der Waals surface area contributed by atoms with Crippen LogP contribution in [0.25, 0.3) is 0 Å². The zero-order valence-corrected chi connectivity index (χ0v) is 12.1. The maximum absolute atomic E-state index is 2.47. The lowest BCUT2D eigenvalue weighted by Crippen LogP contribution is -2.47. The first-order valence-corrected chi connectivity index (χ1v) is 6.92. The Morgan fingerprint density at radius 2 is 1.35 bits per heavy atom. The standard InChI is InChI=1S/C16H27N/c1-6-16(17-9-7-8-10-17)12-14(2,3)11-15(4,5)13-16/h7-10H,6,11-13H2,1-5H3. The van der Waals surface area contributed by atoms with E-state index in [1.54, 1.807) is 0 Å². The number of hydrogen-bond donors (Lipinski definition) is 0. The van der Waals surface area contributed by atoms with Gasteiger partial charge in [-0.05, 0) is 48.6 Å². The Kier molecular flexibility index (Phi) is 2.92. The van der Waals surface area contributed by atoms with Crippen LogP contribution in [0, 0.1) is 10.8 Å². The maximum atomic E-state index is 2.47. The fourth-order valence-electron chi connectivity index (χ4n) is 4.53. The summed E-state index contributed by atoms with van der Waals surface area (Å²) in [5, 5.41) is 0. The van der Waals surface area contributed by atoms with Gasteiger partial charge < -0.3 is 4.57 Å². The number of nitrogens with zero attached hydrogens (tertiary/aromatic N) is 1. The lowest BCUT2D eigenvalue weighted by molar-refractivity contribution is 0.00331. The molecule has 0 amide bonds. The number of rotatable bonds is 2. The monoisotopic (exact) mass is 233 g/mol. The number of hydrogen-bond acceptors (Lipinski definition) is 0. The molecule has 0 bridgehead atoms. The van der Waals surface area contributed by atoms with Crippen molar-refractivity contribution in [2.24, 2.45) is 10.8 Å². The molecule has 1 nitrogen and oxygen atoms in total. The van der Waals surface area contributed by atoms with Gasteiger partial charge in [-0.15, -0.1) is 0 Å². The minimum Gasteiger partial charge on any atom is -0.348 e. The highest BCUT2D eigenvalue weighted by molar-refractivity contribution is 5.05. The number of aromatic nitrogens is 1. The second-order valence-corrected chi connectivity index (χ2v) is 7.53. The molecule has 17 heavy (non-hydrogen) atoms. The molecule has 96 valence electrons. The molecule has 2 rings (SSSR count). The second-order valence-electron chi connectivity index (χ2n) is 7.53. The predicted octanol–water partition coefficient (Wildman–Crippen LogP) is 4.83. The lowest BCUT2D eigenvalue weighted by atomic mass is 9.57. The van der Waals surface area contributed by atoms with Gasteiger partial charge in [0.1, 0.15) is 0 Å². The molecular formula is C16H27N. The van der Waals surface area contributed by atoms with Gasteiger partial charge in [0.05, 0.1) is 0 Å². The van der Waals surface area contributed by atoms with Crippen LogP contribution in [0.15, 0.2) is 24.5 Å². The fraction of sp³-hybridized carbons (Fsp3) is 0.750. The van der Waals surface area contributed by atoms with Crippen molar-refractivity contribution in [1.82, 2.24) is 4.57 Å². The van der Waals surface area contributed by atoms with Crippen molar-refractivity contribution in [3.8, 4) is 0 Å². The van der Waals surface area contributed by atoms with Crippen molar-refractivity contribution in [1.29, 1.82) is 0 Å². The van der Waals surface area contributed by atoms with Gasteiger partial charge in [-0.1, -0.05) is 34.6 Å². The fourth-order valence-corrected chi connectivity index (χ4v) is 4.53. The van der Waals surface area contributed by atoms with Crippen LogP contribution in [0.2, 0.25) is 0 Å². The van der Waals surface area contributed by atoms with E-state index in [2.05, 4.69) is 63.7 Å². The van der Waals surface area contributed by atoms with Gasteiger partial charge in [-0.3, -0.25) is 0 Å². The quantitative estimate of drug-likeness (QED) is 0.689. The molecule has 1 aliphatic rings. The van der Waals surface area contributed by atoms with E-state index in [0.717, 1.165) is 0 Å². The van der Waals surface area contributed by atoms with Crippen molar-refractivity contribution >= 4 is 0 Å². The third-order valence-corrected chi connectivity index (χ3v) is 4.38. The Bertz CT molecular complexity index is 354. The molecule has 0 N–H and O–H groups in total. The molecular weight excluding hydrogens is 206 g/mol. The Hall–Kier alpha value is -0.720. The largest absolute Gasteiger partial charge is 0.348 e. The van der Waals surface area contributed by atoms with Gasteiger partial charge in [-0.25, -0.2) is 0 Å². The molecule has 1 heteroatoms. The Morgan fingerprint density at radius 1 is 0.882 bits per heavy atom. The van der Waals surface area contributed by atoms with Crippen LogP contribution in [-0.2, 0) is 5.54 Å². The van der Waals surface area contributed by atoms with E-state index in [1.165, 1.54) is 25.7 Å². The zero-order valence-electron chi connectivity index (χ0n) is 12.1. The highest BCUT2D eigenvalue weighted by Gasteiger charge is 2.47. The molecule has 1 aromatic heterocycles. The third-order valence-electron chi connectivity index (χ3n) is 4.38. The van der Waals surface area contributed by atoms with E-state index in [0.29, 0.717) is 16.4 Å². The van der Waals surface area contributed by atoms with Crippen molar-refractivity contribution in [2.75, 3.05) is 0 Å². The molecule has 0 unspecified atom stereocenters. The van der Waals surface area contributed by atoms with E-state index >= 15 is 0 Å². The van der Waals surface area contributed by atoms with E-state index in [1.807, 2.05) is 0 Å². The van der Waals surface area contributed by atoms with Crippen LogP contribution in [0.1, 0.15) is 60.3 Å². The molecule has 0 spiro atoms. The molecule has 1 fully saturated rings. The summed E-state index contributed by atoms with van der Waals surface area (Å²) in [7, 11) is 0. The van der Waals surface area contributed by atoms with Gasteiger partial charge in [0, 0.05) is 17.9 Å². The SMILES string of the molecule is CCC1(n2cccc2)CC(C)(C)CC(C)(C)C1. The van der Waals surface area contributed by atoms with Gasteiger partial charge in [0.25, 0.3) is 0 Å². The first-order chi connectivity index (χ1) is 7.79. The summed E-state index contributed by atoms with van der Waals surface area (Å²) in [6, 6.07) is 4.32. The summed E-state index contributed by atoms with van der Waals surface area (Å²) >= 11 is 0. The third kappa shape index (κ3) is 2.43. The van der Waals surface area contributed by atoms with Crippen LogP contribution in [-0.4, -0.2) is 4.57 Å². The van der Waals surface area contributed by atoms with Crippen molar-refractivity contribution in [3.63, 3.8) is 0 Å². The smallest absolute Gasteiger partial charge is 0.0447 e. The van der Waals surface area contributed by atoms with Crippen LogP contribution in [0.3, 0.4) is 0 Å². The van der Waals surface area contributed by atoms with E-state index in [-0.39, 0.29) is 0 Å². The van der Waals surface area contributed by atoms with Crippen LogP contribution < -0.4 is 0 Å². The first kappa shape index (κ1) is 12.7. The molecule has 0 aliphatic heterocycles. The van der Waals surface area contributed by atoms with E-state index in [9.17, 15) is 0 Å². The molecule has 1 aromatic rings. The minimum atomic E-state index is 0.328. The Morgan fingerprint density at radius 3 is 1.76 bits per heavy atom. The molecule has 1 aliphatic carbocycles. The second kappa shape index (κ2) is 3.90. The summed E-state index contributed by atoms with van der Waals surface area (Å²) in [6.45, 7) is 12.1. The molecule has 0 aromatic carbocycles. The summed E-state index contributed by atoms with van der Waals surface area (Å²) in [4.78, 5) is 0. The Balaban J connectivity index is 2.40. The average Bonchev–Trinajstić information content (AvgIpc) is 2.65. The van der Waals surface area contributed by atoms with Gasteiger partial charge >= 0.3 is 0 Å². The topological polar surface area (TPSA) is 4.93 Å².